The standard InChI is InChI=1S/C14H20N6O2/c1-7(2)13-12(14(17)18)9(16)3-10(20-13)8(4-15)5-19-6-11(21)22/h3,5,19H,1,4,6,15H2,2H3,(H2,16,20)(H3,17,18)(H,21,22)/b8-5+. The van der Waals surface area contributed by atoms with E-state index in [1.807, 2.05) is 0 Å². The number of nitrogens with zero attached hydrogens (tertiary/aromatic N) is 1. The second kappa shape index (κ2) is 7.23. The van der Waals surface area contributed by atoms with E-state index in [0.717, 1.165) is 0 Å². The summed E-state index contributed by atoms with van der Waals surface area (Å²) in [5.74, 6) is -1.19. The molecule has 0 spiro atoms. The van der Waals surface area contributed by atoms with Crippen molar-refractivity contribution >= 4 is 28.6 Å². The van der Waals surface area contributed by atoms with E-state index in [4.69, 9.17) is 27.7 Å². The first-order valence-corrected chi connectivity index (χ1v) is 6.43. The minimum Gasteiger partial charge on any atom is -0.480 e. The lowest BCUT2D eigenvalue weighted by Gasteiger charge is -2.14. The molecule has 22 heavy (non-hydrogen) atoms. The Kier molecular flexibility index (Phi) is 5.65. The summed E-state index contributed by atoms with van der Waals surface area (Å²) >= 11 is 0. The molecule has 118 valence electrons. The zero-order valence-electron chi connectivity index (χ0n) is 12.3. The van der Waals surface area contributed by atoms with E-state index < -0.39 is 5.97 Å². The Balaban J connectivity index is 3.32. The van der Waals surface area contributed by atoms with E-state index in [-0.39, 0.29) is 24.6 Å². The molecule has 0 saturated carbocycles. The Labute approximate surface area is 128 Å². The highest BCUT2D eigenvalue weighted by Crippen LogP contribution is 2.24. The van der Waals surface area contributed by atoms with E-state index in [0.29, 0.717) is 28.1 Å². The lowest BCUT2D eigenvalue weighted by molar-refractivity contribution is -0.135. The molecule has 0 aliphatic heterocycles. The van der Waals surface area contributed by atoms with Crippen LogP contribution in [0.15, 0.2) is 18.8 Å². The summed E-state index contributed by atoms with van der Waals surface area (Å²) in [5.41, 5.74) is 19.8. The third-order valence-corrected chi connectivity index (χ3v) is 2.80. The Morgan fingerprint density at radius 2 is 2.23 bits per heavy atom. The summed E-state index contributed by atoms with van der Waals surface area (Å²) in [6.07, 6.45) is 1.48. The zero-order chi connectivity index (χ0) is 16.9. The van der Waals surface area contributed by atoms with Gasteiger partial charge in [-0.05, 0) is 18.6 Å². The fraction of sp³-hybridized carbons (Fsp3) is 0.214. The van der Waals surface area contributed by atoms with Gasteiger partial charge in [-0.15, -0.1) is 0 Å². The van der Waals surface area contributed by atoms with Gasteiger partial charge in [0.1, 0.15) is 12.4 Å². The summed E-state index contributed by atoms with van der Waals surface area (Å²) in [4.78, 5) is 14.9. The number of nitrogens with one attached hydrogen (secondary N) is 2. The number of anilines is 1. The molecule has 0 bridgehead atoms. The maximum Gasteiger partial charge on any atom is 0.322 e. The van der Waals surface area contributed by atoms with Crippen LogP contribution in [0, 0.1) is 5.41 Å². The van der Waals surface area contributed by atoms with Crippen molar-refractivity contribution in [3.63, 3.8) is 0 Å². The number of aliphatic carboxylic acids is 1. The van der Waals surface area contributed by atoms with Crippen LogP contribution in [0.25, 0.3) is 11.1 Å². The van der Waals surface area contributed by atoms with E-state index in [2.05, 4.69) is 16.9 Å². The van der Waals surface area contributed by atoms with Gasteiger partial charge in [-0.1, -0.05) is 6.58 Å². The number of amidine groups is 1. The number of rotatable bonds is 7. The summed E-state index contributed by atoms with van der Waals surface area (Å²) in [6.45, 7) is 5.43. The van der Waals surface area contributed by atoms with Gasteiger partial charge in [-0.2, -0.15) is 0 Å². The second-order valence-corrected chi connectivity index (χ2v) is 4.66. The summed E-state index contributed by atoms with van der Waals surface area (Å²) in [7, 11) is 0. The van der Waals surface area contributed by atoms with Crippen molar-refractivity contribution in [1.82, 2.24) is 10.3 Å². The predicted molar refractivity (Wildman–Crippen MR) is 87.0 cm³/mol. The van der Waals surface area contributed by atoms with Crippen molar-refractivity contribution in [2.45, 2.75) is 6.92 Å². The Morgan fingerprint density at radius 3 is 2.68 bits per heavy atom. The lowest BCUT2D eigenvalue weighted by atomic mass is 10.0. The molecule has 0 aliphatic rings. The van der Waals surface area contributed by atoms with E-state index in [9.17, 15) is 4.79 Å². The lowest BCUT2D eigenvalue weighted by Crippen LogP contribution is -2.20. The number of pyridine rings is 1. The van der Waals surface area contributed by atoms with Crippen molar-refractivity contribution in [3.8, 4) is 0 Å². The van der Waals surface area contributed by atoms with Crippen molar-refractivity contribution in [1.29, 1.82) is 5.41 Å². The SMILES string of the molecule is C=C(C)c1nc(/C(=C/NCC(=O)O)CN)cc(N)c1C(=N)N. The smallest absolute Gasteiger partial charge is 0.322 e. The summed E-state index contributed by atoms with van der Waals surface area (Å²) in [5, 5.41) is 18.8. The minimum absolute atomic E-state index is 0.133. The molecule has 1 aromatic rings. The van der Waals surface area contributed by atoms with E-state index >= 15 is 0 Å². The van der Waals surface area contributed by atoms with Crippen molar-refractivity contribution in [2.75, 3.05) is 18.8 Å². The molecule has 1 heterocycles. The normalized spacial score (nSPS) is 11.1. The average molecular weight is 304 g/mol. The highest BCUT2D eigenvalue weighted by molar-refractivity contribution is 6.03. The van der Waals surface area contributed by atoms with Gasteiger partial charge in [-0.3, -0.25) is 10.2 Å². The van der Waals surface area contributed by atoms with Gasteiger partial charge in [0.2, 0.25) is 0 Å². The Hall–Kier alpha value is -2.87. The molecule has 8 nitrogen and oxygen atoms in total. The van der Waals surface area contributed by atoms with Crippen molar-refractivity contribution in [3.05, 3.63) is 35.8 Å². The minimum atomic E-state index is -0.991. The summed E-state index contributed by atoms with van der Waals surface area (Å²) in [6, 6.07) is 1.55. The molecular weight excluding hydrogens is 284 g/mol. The maximum absolute atomic E-state index is 10.5. The monoisotopic (exact) mass is 304 g/mol. The third kappa shape index (κ3) is 4.06. The van der Waals surface area contributed by atoms with Crippen LogP contribution in [-0.4, -0.2) is 35.0 Å². The fourth-order valence-electron chi connectivity index (χ4n) is 1.82. The predicted octanol–water partition coefficient (Wildman–Crippen LogP) is -0.0452. The van der Waals surface area contributed by atoms with E-state index in [1.165, 1.54) is 6.20 Å². The highest BCUT2D eigenvalue weighted by Gasteiger charge is 2.15. The number of aromatic nitrogens is 1. The zero-order valence-corrected chi connectivity index (χ0v) is 12.3. The van der Waals surface area contributed by atoms with E-state index in [1.54, 1.807) is 13.0 Å². The molecule has 0 unspecified atom stereocenters. The first-order chi connectivity index (χ1) is 10.3. The van der Waals surface area contributed by atoms with Gasteiger partial charge in [0.05, 0.1) is 17.0 Å². The molecule has 1 aromatic heterocycles. The van der Waals surface area contributed by atoms with Crippen molar-refractivity contribution < 1.29 is 9.90 Å². The molecule has 0 radical (unpaired) electrons. The fourth-order valence-corrected chi connectivity index (χ4v) is 1.82. The van der Waals surface area contributed by atoms with Crippen LogP contribution in [0.4, 0.5) is 5.69 Å². The second-order valence-electron chi connectivity index (χ2n) is 4.66. The largest absolute Gasteiger partial charge is 0.480 e. The van der Waals surface area contributed by atoms with Gasteiger partial charge in [0, 0.05) is 24.0 Å². The Morgan fingerprint density at radius 1 is 1.59 bits per heavy atom. The first-order valence-electron chi connectivity index (χ1n) is 6.43. The topological polar surface area (TPSA) is 164 Å². The number of hydrogen-bond donors (Lipinski definition) is 6. The molecule has 0 aliphatic carbocycles. The maximum atomic E-state index is 10.5. The van der Waals surface area contributed by atoms with Gasteiger partial charge in [0.25, 0.3) is 0 Å². The third-order valence-electron chi connectivity index (χ3n) is 2.80. The van der Waals surface area contributed by atoms with Gasteiger partial charge < -0.3 is 27.6 Å². The van der Waals surface area contributed by atoms with Crippen LogP contribution in [0.5, 0.6) is 0 Å². The molecular formula is C14H20N6O2. The van der Waals surface area contributed by atoms with Crippen LogP contribution in [-0.2, 0) is 4.79 Å². The van der Waals surface area contributed by atoms with Crippen LogP contribution in [0.1, 0.15) is 23.9 Å². The van der Waals surface area contributed by atoms with Gasteiger partial charge in [0.15, 0.2) is 0 Å². The van der Waals surface area contributed by atoms with Gasteiger partial charge in [-0.25, -0.2) is 4.98 Å². The highest BCUT2D eigenvalue weighted by atomic mass is 16.4. The first kappa shape index (κ1) is 17.2. The van der Waals surface area contributed by atoms with Crippen LogP contribution in [0.3, 0.4) is 0 Å². The molecule has 0 saturated heterocycles. The number of allylic oxidation sites excluding steroid dienone is 1. The number of nitrogens with two attached hydrogens (primary N) is 3. The number of hydrogen-bond acceptors (Lipinski definition) is 6. The summed E-state index contributed by atoms with van der Waals surface area (Å²) < 4.78 is 0. The Bertz CT molecular complexity index is 651. The average Bonchev–Trinajstić information content (AvgIpc) is 2.41. The molecule has 0 amide bonds. The van der Waals surface area contributed by atoms with Crippen LogP contribution in [0.2, 0.25) is 0 Å². The molecule has 9 N–H and O–H groups in total. The van der Waals surface area contributed by atoms with Crippen molar-refractivity contribution in [2.24, 2.45) is 11.5 Å². The van der Waals surface area contributed by atoms with Crippen LogP contribution < -0.4 is 22.5 Å². The van der Waals surface area contributed by atoms with Gasteiger partial charge >= 0.3 is 5.97 Å². The molecule has 8 heteroatoms. The number of nitrogen functional groups attached to an aromatic ring is 2. The molecule has 1 rings (SSSR count). The number of carboxylic acid groups (broad SMARTS) is 1. The molecule has 0 atom stereocenters. The molecule has 0 fully saturated rings. The molecule has 0 aromatic carbocycles. The quantitative estimate of drug-likeness (QED) is 0.303. The number of carboxylic acids is 1. The number of carbonyl (C=O) groups is 1. The van der Waals surface area contributed by atoms with Crippen LogP contribution >= 0.6 is 0 Å².